The molecule has 1 aliphatic rings. The van der Waals surface area contributed by atoms with Crippen LogP contribution in [-0.4, -0.2) is 67.0 Å². The minimum atomic E-state index is 0. The maximum Gasteiger partial charge on any atom is 0.191 e. The molecule has 1 atom stereocenters. The van der Waals surface area contributed by atoms with Crippen LogP contribution >= 0.6 is 24.0 Å². The second kappa shape index (κ2) is 11.9. The number of rotatable bonds is 8. The van der Waals surface area contributed by atoms with Crippen LogP contribution in [0.4, 0.5) is 5.69 Å². The summed E-state index contributed by atoms with van der Waals surface area (Å²) in [4.78, 5) is 7.11. The van der Waals surface area contributed by atoms with Gasteiger partial charge in [0.15, 0.2) is 11.6 Å². The number of aliphatic imine (C=N–C) groups is 1. The third kappa shape index (κ3) is 6.18. The number of hydrogen-bond acceptors (Lipinski definition) is 6. The topological polar surface area (TPSA) is 88.3 Å². The van der Waals surface area contributed by atoms with Crippen molar-refractivity contribution in [1.29, 1.82) is 0 Å². The predicted molar refractivity (Wildman–Crippen MR) is 141 cm³/mol. The van der Waals surface area contributed by atoms with E-state index in [1.54, 1.807) is 14.2 Å². The smallest absolute Gasteiger partial charge is 0.191 e. The van der Waals surface area contributed by atoms with E-state index in [4.69, 9.17) is 14.5 Å². The Morgan fingerprint density at radius 1 is 1.15 bits per heavy atom. The summed E-state index contributed by atoms with van der Waals surface area (Å²) in [5, 5.41) is 15.4. The maximum atomic E-state index is 5.42. The molecule has 0 saturated carbocycles. The summed E-state index contributed by atoms with van der Waals surface area (Å²) in [6.07, 6.45) is 3.74. The molecule has 1 unspecified atom stereocenters. The number of benzene rings is 1. The summed E-state index contributed by atoms with van der Waals surface area (Å²) in [5.74, 6) is 3.34. The van der Waals surface area contributed by atoms with Gasteiger partial charge in [-0.2, -0.15) is 0 Å². The van der Waals surface area contributed by atoms with Crippen molar-refractivity contribution in [2.45, 2.75) is 25.8 Å². The summed E-state index contributed by atoms with van der Waals surface area (Å²) in [6, 6.07) is 12.2. The molecule has 1 fully saturated rings. The molecule has 0 bridgehead atoms. The Morgan fingerprint density at radius 2 is 1.94 bits per heavy atom. The minimum Gasteiger partial charge on any atom is -0.497 e. The molecule has 1 aliphatic heterocycles. The maximum absolute atomic E-state index is 5.42. The highest BCUT2D eigenvalue weighted by atomic mass is 127. The van der Waals surface area contributed by atoms with E-state index in [2.05, 4.69) is 32.7 Å². The van der Waals surface area contributed by atoms with Gasteiger partial charge in [-0.05, 0) is 25.5 Å². The molecule has 3 aromatic rings. The second-order valence-electron chi connectivity index (χ2n) is 7.70. The summed E-state index contributed by atoms with van der Waals surface area (Å²) < 4.78 is 12.8. The molecule has 10 heteroatoms. The van der Waals surface area contributed by atoms with Gasteiger partial charge in [0.1, 0.15) is 17.3 Å². The van der Waals surface area contributed by atoms with E-state index in [0.717, 1.165) is 67.1 Å². The highest BCUT2D eigenvalue weighted by Crippen LogP contribution is 2.30. The van der Waals surface area contributed by atoms with Crippen LogP contribution in [0.15, 0.2) is 47.6 Å². The number of fused-ring (bicyclic) bond motifs is 1. The fraction of sp³-hybridized carbons (Fsp3) is 0.435. The lowest BCUT2D eigenvalue weighted by molar-refractivity contribution is 0.394. The third-order valence-corrected chi connectivity index (χ3v) is 5.56. The van der Waals surface area contributed by atoms with E-state index >= 15 is 0 Å². The Labute approximate surface area is 211 Å². The van der Waals surface area contributed by atoms with Gasteiger partial charge in [-0.1, -0.05) is 6.07 Å². The molecule has 0 aliphatic carbocycles. The van der Waals surface area contributed by atoms with E-state index < -0.39 is 0 Å². The van der Waals surface area contributed by atoms with Gasteiger partial charge in [-0.3, -0.25) is 9.39 Å². The van der Waals surface area contributed by atoms with Crippen LogP contribution in [0.1, 0.15) is 19.2 Å². The standard InChI is InChI=1S/C23H31N7O2.HI/c1-4-24-23(25-10-8-22-28-27-21-7-5-6-11-30(21)22)26-17-9-12-29(16-17)18-13-19(31-2)15-20(14-18)32-3;/h5-7,11,13-15,17H,4,8-10,12,16H2,1-3H3,(H2,24,25,26);1H. The molecule has 0 amide bonds. The van der Waals surface area contributed by atoms with Crippen molar-refractivity contribution in [2.24, 2.45) is 4.99 Å². The quantitative estimate of drug-likeness (QED) is 0.247. The molecule has 2 N–H and O–H groups in total. The molecule has 33 heavy (non-hydrogen) atoms. The van der Waals surface area contributed by atoms with Crippen LogP contribution in [0.5, 0.6) is 11.5 Å². The number of anilines is 1. The van der Waals surface area contributed by atoms with Gasteiger partial charge in [0, 0.05) is 68.7 Å². The molecule has 0 spiro atoms. The van der Waals surface area contributed by atoms with Gasteiger partial charge in [-0.25, -0.2) is 0 Å². The van der Waals surface area contributed by atoms with Gasteiger partial charge >= 0.3 is 0 Å². The van der Waals surface area contributed by atoms with Crippen LogP contribution in [0.2, 0.25) is 0 Å². The fourth-order valence-electron chi connectivity index (χ4n) is 3.93. The Morgan fingerprint density at radius 3 is 2.67 bits per heavy atom. The fourth-order valence-corrected chi connectivity index (χ4v) is 3.93. The highest BCUT2D eigenvalue weighted by Gasteiger charge is 2.24. The zero-order valence-corrected chi connectivity index (χ0v) is 21.7. The number of pyridine rings is 1. The molecule has 1 aromatic carbocycles. The lowest BCUT2D eigenvalue weighted by Crippen LogP contribution is -2.44. The van der Waals surface area contributed by atoms with Crippen molar-refractivity contribution in [1.82, 2.24) is 25.2 Å². The first-order valence-corrected chi connectivity index (χ1v) is 11.0. The van der Waals surface area contributed by atoms with Crippen molar-refractivity contribution in [3.63, 3.8) is 0 Å². The van der Waals surface area contributed by atoms with Gasteiger partial charge < -0.3 is 25.0 Å². The zero-order valence-electron chi connectivity index (χ0n) is 19.3. The average Bonchev–Trinajstić information content (AvgIpc) is 3.46. The van der Waals surface area contributed by atoms with E-state index in [-0.39, 0.29) is 24.0 Å². The Hall–Kier alpha value is -2.76. The minimum absolute atomic E-state index is 0. The number of ether oxygens (including phenoxy) is 2. The van der Waals surface area contributed by atoms with Crippen molar-refractivity contribution in [3.8, 4) is 11.5 Å². The summed E-state index contributed by atoms with van der Waals surface area (Å²) in [6.45, 7) is 5.36. The van der Waals surface area contributed by atoms with E-state index in [1.807, 2.05) is 47.0 Å². The van der Waals surface area contributed by atoms with Crippen molar-refractivity contribution < 1.29 is 9.47 Å². The molecule has 9 nitrogen and oxygen atoms in total. The zero-order chi connectivity index (χ0) is 22.3. The highest BCUT2D eigenvalue weighted by molar-refractivity contribution is 14.0. The van der Waals surface area contributed by atoms with Crippen LogP contribution in [0.25, 0.3) is 5.65 Å². The molecule has 0 radical (unpaired) electrons. The Balaban J connectivity index is 0.00000306. The second-order valence-corrected chi connectivity index (χ2v) is 7.70. The normalized spacial score (nSPS) is 15.9. The van der Waals surface area contributed by atoms with Crippen LogP contribution < -0.4 is 25.0 Å². The van der Waals surface area contributed by atoms with Gasteiger partial charge in [0.2, 0.25) is 0 Å². The van der Waals surface area contributed by atoms with Crippen LogP contribution in [0, 0.1) is 0 Å². The average molecular weight is 565 g/mol. The number of guanidine groups is 1. The number of aromatic nitrogens is 3. The first-order chi connectivity index (χ1) is 15.7. The third-order valence-electron chi connectivity index (χ3n) is 5.56. The number of methoxy groups -OCH3 is 2. The molecular formula is C23H32IN7O2. The monoisotopic (exact) mass is 565 g/mol. The van der Waals surface area contributed by atoms with Crippen LogP contribution in [-0.2, 0) is 6.42 Å². The summed E-state index contributed by atoms with van der Waals surface area (Å²) >= 11 is 0. The predicted octanol–water partition coefficient (Wildman–Crippen LogP) is 2.74. The summed E-state index contributed by atoms with van der Waals surface area (Å²) in [7, 11) is 3.35. The molecule has 2 aromatic heterocycles. The Bertz CT molecular complexity index is 1050. The molecule has 1 saturated heterocycles. The van der Waals surface area contributed by atoms with Gasteiger partial charge in [0.05, 0.1) is 14.2 Å². The van der Waals surface area contributed by atoms with Crippen molar-refractivity contribution in [3.05, 3.63) is 48.4 Å². The first-order valence-electron chi connectivity index (χ1n) is 11.0. The number of halogens is 1. The molecule has 178 valence electrons. The van der Waals surface area contributed by atoms with Crippen LogP contribution in [0.3, 0.4) is 0 Å². The van der Waals surface area contributed by atoms with E-state index in [1.165, 1.54) is 0 Å². The van der Waals surface area contributed by atoms with E-state index in [9.17, 15) is 0 Å². The van der Waals surface area contributed by atoms with Gasteiger partial charge in [0.25, 0.3) is 0 Å². The Kier molecular flexibility index (Phi) is 8.98. The lowest BCUT2D eigenvalue weighted by atomic mass is 10.2. The number of hydrogen-bond donors (Lipinski definition) is 2. The SMILES string of the molecule is CCNC(=NCCc1nnc2ccccn12)NC1CCN(c2cc(OC)cc(OC)c2)C1.I. The first kappa shape index (κ1) is 24.9. The molecule has 3 heterocycles. The van der Waals surface area contributed by atoms with Crippen molar-refractivity contribution in [2.75, 3.05) is 45.3 Å². The number of nitrogens with zero attached hydrogens (tertiary/aromatic N) is 5. The summed E-state index contributed by atoms with van der Waals surface area (Å²) in [5.41, 5.74) is 1.96. The number of nitrogens with one attached hydrogen (secondary N) is 2. The van der Waals surface area contributed by atoms with Gasteiger partial charge in [-0.15, -0.1) is 34.2 Å². The molecule has 4 rings (SSSR count). The van der Waals surface area contributed by atoms with Crippen molar-refractivity contribution >= 4 is 41.3 Å². The largest absolute Gasteiger partial charge is 0.497 e. The van der Waals surface area contributed by atoms with E-state index in [0.29, 0.717) is 12.6 Å². The molecular weight excluding hydrogens is 533 g/mol. The lowest BCUT2D eigenvalue weighted by Gasteiger charge is -2.21.